The standard InChI is InChI=1S/C13H22N2O3S2/c1-4-14-7-5-8-15(11(2)10-14)20(16,17)13-12(18-3)6-9-19-13/h6,9,11H,4-5,7-8,10H2,1-3H3. The van der Waals surface area contributed by atoms with E-state index in [4.69, 9.17) is 4.74 Å². The van der Waals surface area contributed by atoms with Crippen molar-refractivity contribution in [1.82, 2.24) is 9.21 Å². The molecular formula is C13H22N2O3S2. The molecule has 0 aromatic carbocycles. The summed E-state index contributed by atoms with van der Waals surface area (Å²) in [7, 11) is -1.96. The molecule has 1 saturated heterocycles. The summed E-state index contributed by atoms with van der Waals surface area (Å²) in [4.78, 5) is 2.30. The number of nitrogens with zero attached hydrogens (tertiary/aromatic N) is 2. The van der Waals surface area contributed by atoms with Gasteiger partial charge in [0.15, 0.2) is 4.21 Å². The van der Waals surface area contributed by atoms with Crippen LogP contribution in [0, 0.1) is 0 Å². The van der Waals surface area contributed by atoms with Crippen molar-refractivity contribution < 1.29 is 13.2 Å². The van der Waals surface area contributed by atoms with Crippen LogP contribution in [0.25, 0.3) is 0 Å². The Balaban J connectivity index is 2.29. The fourth-order valence-electron chi connectivity index (χ4n) is 2.60. The Labute approximate surface area is 125 Å². The van der Waals surface area contributed by atoms with Gasteiger partial charge in [-0.2, -0.15) is 4.31 Å². The first-order valence-corrected chi connectivity index (χ1v) is 9.18. The second-order valence-corrected chi connectivity index (χ2v) is 7.99. The van der Waals surface area contributed by atoms with Crippen LogP contribution in [0.15, 0.2) is 15.7 Å². The molecule has 1 aromatic rings. The summed E-state index contributed by atoms with van der Waals surface area (Å²) in [6, 6.07) is 1.69. The smallest absolute Gasteiger partial charge is 0.256 e. The normalized spacial score (nSPS) is 22.6. The maximum atomic E-state index is 12.8. The van der Waals surface area contributed by atoms with E-state index in [0.717, 1.165) is 26.1 Å². The van der Waals surface area contributed by atoms with Crippen molar-refractivity contribution in [3.8, 4) is 5.75 Å². The van der Waals surface area contributed by atoms with Gasteiger partial charge >= 0.3 is 0 Å². The summed E-state index contributed by atoms with van der Waals surface area (Å²) in [5.41, 5.74) is 0. The first kappa shape index (κ1) is 15.8. The SMILES string of the molecule is CCN1CCCN(S(=O)(=O)c2sccc2OC)C(C)C1. The summed E-state index contributed by atoms with van der Waals surface area (Å²) < 4.78 is 32.8. The van der Waals surface area contributed by atoms with Crippen LogP contribution in [-0.4, -0.2) is 57.0 Å². The molecule has 1 unspecified atom stereocenters. The second kappa shape index (κ2) is 6.43. The zero-order chi connectivity index (χ0) is 14.8. The van der Waals surface area contributed by atoms with Gasteiger partial charge in [0.25, 0.3) is 10.0 Å². The van der Waals surface area contributed by atoms with Gasteiger partial charge in [-0.05, 0) is 37.9 Å². The highest BCUT2D eigenvalue weighted by Crippen LogP contribution is 2.33. The first-order chi connectivity index (χ1) is 9.50. The third kappa shape index (κ3) is 3.00. The highest BCUT2D eigenvalue weighted by Gasteiger charge is 2.34. The van der Waals surface area contributed by atoms with E-state index in [-0.39, 0.29) is 6.04 Å². The number of ether oxygens (including phenoxy) is 1. The summed E-state index contributed by atoms with van der Waals surface area (Å²) in [5.74, 6) is 0.443. The summed E-state index contributed by atoms with van der Waals surface area (Å²) in [6.45, 7) is 7.35. The molecule has 5 nitrogen and oxygen atoms in total. The number of thiophene rings is 1. The van der Waals surface area contributed by atoms with Crippen molar-refractivity contribution >= 4 is 21.4 Å². The van der Waals surface area contributed by atoms with Crippen molar-refractivity contribution in [3.05, 3.63) is 11.4 Å². The monoisotopic (exact) mass is 318 g/mol. The third-order valence-corrected chi connectivity index (χ3v) is 7.11. The molecule has 0 amide bonds. The van der Waals surface area contributed by atoms with Crippen molar-refractivity contribution in [1.29, 1.82) is 0 Å². The average Bonchev–Trinajstić information content (AvgIpc) is 2.82. The fraction of sp³-hybridized carbons (Fsp3) is 0.692. The molecule has 0 aliphatic carbocycles. The molecule has 2 rings (SSSR count). The van der Waals surface area contributed by atoms with Crippen LogP contribution in [-0.2, 0) is 10.0 Å². The van der Waals surface area contributed by atoms with E-state index in [2.05, 4.69) is 11.8 Å². The predicted molar refractivity (Wildman–Crippen MR) is 81.0 cm³/mol. The topological polar surface area (TPSA) is 49.9 Å². The van der Waals surface area contributed by atoms with Gasteiger partial charge in [0.1, 0.15) is 5.75 Å². The largest absolute Gasteiger partial charge is 0.494 e. The molecule has 1 aliphatic heterocycles. The zero-order valence-corrected chi connectivity index (χ0v) is 13.8. The molecule has 0 radical (unpaired) electrons. The molecule has 0 N–H and O–H groups in total. The lowest BCUT2D eigenvalue weighted by molar-refractivity contribution is 0.261. The third-order valence-electron chi connectivity index (χ3n) is 3.67. The van der Waals surface area contributed by atoms with E-state index in [1.54, 1.807) is 15.8 Å². The number of hydrogen-bond acceptors (Lipinski definition) is 5. The minimum Gasteiger partial charge on any atom is -0.494 e. The van der Waals surface area contributed by atoms with Gasteiger partial charge in [-0.3, -0.25) is 0 Å². The Morgan fingerprint density at radius 2 is 2.20 bits per heavy atom. The minimum absolute atomic E-state index is 0.0192. The minimum atomic E-state index is -3.47. The zero-order valence-electron chi connectivity index (χ0n) is 12.2. The van der Waals surface area contributed by atoms with Gasteiger partial charge in [0.05, 0.1) is 7.11 Å². The average molecular weight is 318 g/mol. The Morgan fingerprint density at radius 3 is 2.85 bits per heavy atom. The van der Waals surface area contributed by atoms with Crippen molar-refractivity contribution in [2.45, 2.75) is 30.5 Å². The molecule has 7 heteroatoms. The van der Waals surface area contributed by atoms with Gasteiger partial charge < -0.3 is 9.64 Å². The van der Waals surface area contributed by atoms with Gasteiger partial charge in [-0.25, -0.2) is 8.42 Å². The van der Waals surface area contributed by atoms with Crippen LogP contribution in [0.5, 0.6) is 5.75 Å². The van der Waals surface area contributed by atoms with E-state index in [9.17, 15) is 8.42 Å². The predicted octanol–water partition coefficient (Wildman–Crippen LogP) is 1.86. The summed E-state index contributed by atoms with van der Waals surface area (Å²) in [5, 5.41) is 1.76. The van der Waals surface area contributed by atoms with Crippen LogP contribution in [0.3, 0.4) is 0 Å². The number of hydrogen-bond donors (Lipinski definition) is 0. The van der Waals surface area contributed by atoms with Crippen LogP contribution in [0.4, 0.5) is 0 Å². The quantitative estimate of drug-likeness (QED) is 0.850. The van der Waals surface area contributed by atoms with E-state index < -0.39 is 10.0 Å². The molecular weight excluding hydrogens is 296 g/mol. The molecule has 1 atom stereocenters. The lowest BCUT2D eigenvalue weighted by Gasteiger charge is -2.27. The van der Waals surface area contributed by atoms with Gasteiger partial charge in [0.2, 0.25) is 0 Å². The van der Waals surface area contributed by atoms with Crippen LogP contribution in [0.2, 0.25) is 0 Å². The Morgan fingerprint density at radius 1 is 1.45 bits per heavy atom. The number of methoxy groups -OCH3 is 1. The van der Waals surface area contributed by atoms with Crippen LogP contribution >= 0.6 is 11.3 Å². The van der Waals surface area contributed by atoms with E-state index in [1.807, 2.05) is 6.92 Å². The maximum absolute atomic E-state index is 12.8. The van der Waals surface area contributed by atoms with Crippen molar-refractivity contribution in [2.24, 2.45) is 0 Å². The molecule has 2 heterocycles. The van der Waals surface area contributed by atoms with Crippen molar-refractivity contribution in [2.75, 3.05) is 33.3 Å². The summed E-state index contributed by atoms with van der Waals surface area (Å²) in [6.07, 6.45) is 0.866. The lowest BCUT2D eigenvalue weighted by Crippen LogP contribution is -2.42. The molecule has 0 saturated carbocycles. The Bertz CT molecular complexity index is 542. The number of sulfonamides is 1. The van der Waals surface area contributed by atoms with Crippen LogP contribution in [0.1, 0.15) is 20.3 Å². The molecule has 114 valence electrons. The van der Waals surface area contributed by atoms with Gasteiger partial charge in [-0.15, -0.1) is 11.3 Å². The molecule has 1 aromatic heterocycles. The van der Waals surface area contributed by atoms with Gasteiger partial charge in [0, 0.05) is 19.1 Å². The van der Waals surface area contributed by atoms with Crippen LogP contribution < -0.4 is 4.74 Å². The number of rotatable bonds is 4. The molecule has 0 spiro atoms. The number of likely N-dealkylation sites (N-methyl/N-ethyl adjacent to an activating group) is 1. The van der Waals surface area contributed by atoms with E-state index in [0.29, 0.717) is 16.5 Å². The molecule has 0 bridgehead atoms. The summed E-state index contributed by atoms with van der Waals surface area (Å²) >= 11 is 1.22. The second-order valence-electron chi connectivity index (χ2n) is 4.99. The first-order valence-electron chi connectivity index (χ1n) is 6.86. The molecule has 20 heavy (non-hydrogen) atoms. The Hall–Kier alpha value is -0.630. The van der Waals surface area contributed by atoms with E-state index in [1.165, 1.54) is 18.4 Å². The molecule has 1 fully saturated rings. The van der Waals surface area contributed by atoms with E-state index >= 15 is 0 Å². The van der Waals surface area contributed by atoms with Crippen molar-refractivity contribution in [3.63, 3.8) is 0 Å². The maximum Gasteiger partial charge on any atom is 0.256 e. The lowest BCUT2D eigenvalue weighted by atomic mass is 10.3. The fourth-order valence-corrected chi connectivity index (χ4v) is 5.65. The highest BCUT2D eigenvalue weighted by molar-refractivity contribution is 7.91. The highest BCUT2D eigenvalue weighted by atomic mass is 32.2. The van der Waals surface area contributed by atoms with Gasteiger partial charge in [-0.1, -0.05) is 6.92 Å². The molecule has 1 aliphatic rings. The Kier molecular flexibility index (Phi) is 5.06.